The van der Waals surface area contributed by atoms with Gasteiger partial charge in [-0.25, -0.2) is 13.8 Å². The smallest absolute Gasteiger partial charge is 0.266 e. The zero-order valence-electron chi connectivity index (χ0n) is 6.98. The van der Waals surface area contributed by atoms with Gasteiger partial charge in [-0.15, -0.1) is 11.6 Å². The molecular weight excluding hydrogens is 326 g/mol. The van der Waals surface area contributed by atoms with E-state index in [1.165, 1.54) is 6.07 Å². The van der Waals surface area contributed by atoms with E-state index in [1.807, 2.05) is 0 Å². The molecule has 0 aromatic carbocycles. The number of aromatic nitrogens is 1. The van der Waals surface area contributed by atoms with E-state index in [0.29, 0.717) is 11.3 Å². The summed E-state index contributed by atoms with van der Waals surface area (Å²) in [6, 6.07) is 1.40. The molecular formula is C8H7ClF2INO. The highest BCUT2D eigenvalue weighted by Crippen LogP contribution is 2.28. The van der Waals surface area contributed by atoms with Crippen LogP contribution in [0.4, 0.5) is 8.78 Å². The molecule has 1 aromatic heterocycles. The molecule has 0 aliphatic heterocycles. The first kappa shape index (κ1) is 12.1. The van der Waals surface area contributed by atoms with Crippen LogP contribution in [0.15, 0.2) is 6.07 Å². The quantitative estimate of drug-likeness (QED) is 0.524. The van der Waals surface area contributed by atoms with Crippen molar-refractivity contribution in [3.05, 3.63) is 26.6 Å². The van der Waals surface area contributed by atoms with Crippen molar-refractivity contribution >= 4 is 34.2 Å². The van der Waals surface area contributed by atoms with Crippen LogP contribution in [0.3, 0.4) is 0 Å². The maximum Gasteiger partial charge on any atom is 0.266 e. The topological polar surface area (TPSA) is 33.1 Å². The minimum atomic E-state index is -2.59. The Morgan fingerprint density at radius 1 is 1.57 bits per heavy atom. The van der Waals surface area contributed by atoms with E-state index in [1.54, 1.807) is 22.6 Å². The van der Waals surface area contributed by atoms with Gasteiger partial charge in [0.1, 0.15) is 3.70 Å². The van der Waals surface area contributed by atoms with Crippen LogP contribution < -0.4 is 0 Å². The minimum absolute atomic E-state index is 0.00874. The Kier molecular flexibility index (Phi) is 4.46. The summed E-state index contributed by atoms with van der Waals surface area (Å²) in [5, 5.41) is 8.82. The van der Waals surface area contributed by atoms with Crippen molar-refractivity contribution in [2.45, 2.75) is 18.9 Å². The lowest BCUT2D eigenvalue weighted by Gasteiger charge is -2.09. The van der Waals surface area contributed by atoms with Gasteiger partial charge >= 0.3 is 0 Å². The van der Waals surface area contributed by atoms with Gasteiger partial charge in [-0.05, 0) is 34.2 Å². The molecule has 0 spiro atoms. The van der Waals surface area contributed by atoms with Crippen LogP contribution in [-0.2, 0) is 12.5 Å². The molecule has 1 aromatic rings. The Hall–Kier alpha value is -0.0100. The lowest BCUT2D eigenvalue weighted by Crippen LogP contribution is -2.03. The van der Waals surface area contributed by atoms with Crippen molar-refractivity contribution in [2.75, 3.05) is 0 Å². The van der Waals surface area contributed by atoms with Gasteiger partial charge in [-0.2, -0.15) is 0 Å². The van der Waals surface area contributed by atoms with Crippen LogP contribution in [0.5, 0.6) is 0 Å². The highest BCUT2D eigenvalue weighted by atomic mass is 127. The summed E-state index contributed by atoms with van der Waals surface area (Å²) in [5.74, 6) is -0.00874. The molecule has 0 fully saturated rings. The molecule has 78 valence electrons. The molecule has 1 rings (SSSR count). The molecule has 0 unspecified atom stereocenters. The monoisotopic (exact) mass is 333 g/mol. The third-order valence-corrected chi connectivity index (χ3v) is 2.79. The minimum Gasteiger partial charge on any atom is -0.390 e. The van der Waals surface area contributed by atoms with E-state index in [4.69, 9.17) is 16.7 Å². The second-order valence-corrected chi connectivity index (χ2v) is 3.86. The van der Waals surface area contributed by atoms with Crippen LogP contribution in [0.2, 0.25) is 0 Å². The molecule has 0 saturated heterocycles. The zero-order chi connectivity index (χ0) is 10.7. The van der Waals surface area contributed by atoms with Crippen LogP contribution in [0, 0.1) is 3.70 Å². The average Bonchev–Trinajstić information content (AvgIpc) is 2.15. The number of alkyl halides is 3. The first-order valence-corrected chi connectivity index (χ1v) is 5.34. The molecule has 2 nitrogen and oxygen atoms in total. The summed E-state index contributed by atoms with van der Waals surface area (Å²) in [6.45, 7) is -0.274. The van der Waals surface area contributed by atoms with Gasteiger partial charge in [-0.1, -0.05) is 0 Å². The molecule has 6 heteroatoms. The number of pyridine rings is 1. The molecule has 0 aliphatic carbocycles. The van der Waals surface area contributed by atoms with Crippen molar-refractivity contribution in [2.24, 2.45) is 0 Å². The van der Waals surface area contributed by atoms with Gasteiger partial charge in [0.15, 0.2) is 0 Å². The maximum atomic E-state index is 12.5. The van der Waals surface area contributed by atoms with Crippen molar-refractivity contribution in [1.29, 1.82) is 0 Å². The Bertz CT molecular complexity index is 335. The molecule has 0 radical (unpaired) electrons. The Balaban J connectivity index is 3.27. The van der Waals surface area contributed by atoms with Crippen LogP contribution >= 0.6 is 34.2 Å². The molecule has 0 aliphatic rings. The van der Waals surface area contributed by atoms with Gasteiger partial charge in [0.05, 0.1) is 17.9 Å². The fraction of sp³-hybridized carbons (Fsp3) is 0.375. The number of aliphatic hydroxyl groups excluding tert-OH is 1. The number of aliphatic hydroxyl groups is 1. The number of halogens is 4. The van der Waals surface area contributed by atoms with E-state index in [2.05, 4.69) is 4.98 Å². The predicted molar refractivity (Wildman–Crippen MR) is 57.4 cm³/mol. The number of hydrogen-bond acceptors (Lipinski definition) is 2. The maximum absolute atomic E-state index is 12.5. The third-order valence-electron chi connectivity index (χ3n) is 1.67. The predicted octanol–water partition coefficient (Wildman–Crippen LogP) is 2.85. The van der Waals surface area contributed by atoms with E-state index in [9.17, 15) is 8.78 Å². The average molecular weight is 334 g/mol. The molecule has 0 bridgehead atoms. The lowest BCUT2D eigenvalue weighted by molar-refractivity contribution is 0.148. The summed E-state index contributed by atoms with van der Waals surface area (Å²) in [5.41, 5.74) is 0.539. The Morgan fingerprint density at radius 2 is 2.21 bits per heavy atom. The first-order valence-electron chi connectivity index (χ1n) is 3.73. The summed E-state index contributed by atoms with van der Waals surface area (Å²) in [6.07, 6.45) is -2.59. The van der Waals surface area contributed by atoms with E-state index in [-0.39, 0.29) is 21.8 Å². The lowest BCUT2D eigenvalue weighted by atomic mass is 10.1. The summed E-state index contributed by atoms with van der Waals surface area (Å²) in [7, 11) is 0. The molecule has 0 saturated carbocycles. The number of hydrogen-bond donors (Lipinski definition) is 1. The van der Waals surface area contributed by atoms with Crippen LogP contribution in [0.1, 0.15) is 23.2 Å². The third kappa shape index (κ3) is 2.52. The summed E-state index contributed by atoms with van der Waals surface area (Å²) in [4.78, 5) is 3.82. The fourth-order valence-electron chi connectivity index (χ4n) is 1.05. The van der Waals surface area contributed by atoms with Crippen molar-refractivity contribution in [3.8, 4) is 0 Å². The van der Waals surface area contributed by atoms with Crippen molar-refractivity contribution in [3.63, 3.8) is 0 Å². The van der Waals surface area contributed by atoms with Gasteiger partial charge in [0, 0.05) is 5.88 Å². The van der Waals surface area contributed by atoms with Gasteiger partial charge in [-0.3, -0.25) is 0 Å². The molecule has 1 N–H and O–H groups in total. The standard InChI is InChI=1S/C8H7ClF2INO/c9-2-4-1-5(3-14)13-8(12)6(4)7(10)11/h1,7,14H,2-3H2. The SMILES string of the molecule is OCc1cc(CCl)c(C(F)F)c(I)n1. The summed E-state index contributed by atoms with van der Waals surface area (Å²) < 4.78 is 25.3. The molecule has 1 heterocycles. The zero-order valence-corrected chi connectivity index (χ0v) is 9.89. The normalized spacial score (nSPS) is 11.0. The van der Waals surface area contributed by atoms with Crippen molar-refractivity contribution in [1.82, 2.24) is 4.98 Å². The van der Waals surface area contributed by atoms with Crippen LogP contribution in [-0.4, -0.2) is 10.1 Å². The number of nitrogens with zero attached hydrogens (tertiary/aromatic N) is 1. The highest BCUT2D eigenvalue weighted by molar-refractivity contribution is 14.1. The largest absolute Gasteiger partial charge is 0.390 e. The molecule has 0 amide bonds. The van der Waals surface area contributed by atoms with E-state index in [0.717, 1.165) is 0 Å². The summed E-state index contributed by atoms with van der Waals surface area (Å²) >= 11 is 7.24. The second-order valence-electron chi connectivity index (χ2n) is 2.57. The number of rotatable bonds is 3. The second kappa shape index (κ2) is 5.18. The Labute approximate surface area is 98.4 Å². The first-order chi connectivity index (χ1) is 6.60. The van der Waals surface area contributed by atoms with Gasteiger partial charge in [0.2, 0.25) is 0 Å². The van der Waals surface area contributed by atoms with Crippen molar-refractivity contribution < 1.29 is 13.9 Å². The molecule has 0 atom stereocenters. The van der Waals surface area contributed by atoms with E-state index >= 15 is 0 Å². The Morgan fingerprint density at radius 3 is 2.64 bits per heavy atom. The highest BCUT2D eigenvalue weighted by Gasteiger charge is 2.18. The van der Waals surface area contributed by atoms with Gasteiger partial charge < -0.3 is 5.11 Å². The van der Waals surface area contributed by atoms with Crippen LogP contribution in [0.25, 0.3) is 0 Å². The van der Waals surface area contributed by atoms with Gasteiger partial charge in [0.25, 0.3) is 6.43 Å². The molecule has 14 heavy (non-hydrogen) atoms. The fourth-order valence-corrected chi connectivity index (χ4v) is 2.16. The van der Waals surface area contributed by atoms with E-state index < -0.39 is 6.43 Å².